The lowest BCUT2D eigenvalue weighted by Gasteiger charge is -2.19. The van der Waals surface area contributed by atoms with Crippen LogP contribution in [0.1, 0.15) is 42.3 Å². The molecule has 2 heterocycles. The van der Waals surface area contributed by atoms with Crippen molar-refractivity contribution in [3.05, 3.63) is 89.5 Å². The first kappa shape index (κ1) is 23.3. The number of anilines is 1. The van der Waals surface area contributed by atoms with Crippen molar-refractivity contribution in [2.75, 3.05) is 11.4 Å². The molecule has 5 rings (SSSR count). The summed E-state index contributed by atoms with van der Waals surface area (Å²) in [4.78, 5) is 19.7. The zero-order valence-corrected chi connectivity index (χ0v) is 20.8. The number of amides is 1. The summed E-state index contributed by atoms with van der Waals surface area (Å²) in [5.41, 5.74) is 4.23. The summed E-state index contributed by atoms with van der Waals surface area (Å²) in [6.07, 6.45) is 0. The van der Waals surface area contributed by atoms with Gasteiger partial charge >= 0.3 is 0 Å². The third-order valence-electron chi connectivity index (χ3n) is 6.37. The lowest BCUT2D eigenvalue weighted by molar-refractivity contribution is 0.0988. The molecule has 4 aromatic rings. The number of para-hydroxylation sites is 2. The molecule has 0 saturated carbocycles. The van der Waals surface area contributed by atoms with E-state index < -0.39 is 10.0 Å². The summed E-state index contributed by atoms with van der Waals surface area (Å²) in [5.74, 6) is 0.538. The van der Waals surface area contributed by atoms with Crippen molar-refractivity contribution in [1.29, 1.82) is 0 Å². The summed E-state index contributed by atoms with van der Waals surface area (Å²) in [7, 11) is -3.64. The Kier molecular flexibility index (Phi) is 5.73. The van der Waals surface area contributed by atoms with Gasteiger partial charge in [0.1, 0.15) is 0 Å². The lowest BCUT2D eigenvalue weighted by Crippen LogP contribution is -2.29. The highest BCUT2D eigenvalue weighted by molar-refractivity contribution is 7.89. The van der Waals surface area contributed by atoms with Gasteiger partial charge in [-0.2, -0.15) is 0 Å². The summed E-state index contributed by atoms with van der Waals surface area (Å²) in [6.45, 7) is 7.67. The molecule has 7 nitrogen and oxygen atoms in total. The van der Waals surface area contributed by atoms with Crippen LogP contribution in [0.5, 0.6) is 0 Å². The largest absolute Gasteiger partial charge is 0.308 e. The van der Waals surface area contributed by atoms with E-state index in [0.29, 0.717) is 24.6 Å². The third kappa shape index (κ3) is 4.47. The molecule has 0 radical (unpaired) electrons. The van der Waals surface area contributed by atoms with Gasteiger partial charge in [0.05, 0.1) is 15.9 Å². The van der Waals surface area contributed by atoms with E-state index in [1.165, 1.54) is 0 Å². The number of aromatic nitrogens is 2. The van der Waals surface area contributed by atoms with Crippen molar-refractivity contribution in [3.8, 4) is 0 Å². The minimum atomic E-state index is -3.64. The average molecular weight is 489 g/mol. The molecule has 0 bridgehead atoms. The maximum Gasteiger partial charge on any atom is 0.260 e. The minimum Gasteiger partial charge on any atom is -0.308 e. The molecule has 0 atom stereocenters. The quantitative estimate of drug-likeness (QED) is 0.449. The van der Waals surface area contributed by atoms with Gasteiger partial charge in [-0.1, -0.05) is 57.2 Å². The van der Waals surface area contributed by atoms with Crippen LogP contribution in [0.25, 0.3) is 11.0 Å². The van der Waals surface area contributed by atoms with Crippen molar-refractivity contribution in [2.45, 2.75) is 44.2 Å². The normalized spacial score (nSPS) is 13.9. The smallest absolute Gasteiger partial charge is 0.260 e. The number of nitrogens with zero attached hydrogens (tertiary/aromatic N) is 3. The molecule has 0 spiro atoms. The first-order chi connectivity index (χ1) is 16.6. The maximum absolute atomic E-state index is 13.2. The second-order valence-corrected chi connectivity index (χ2v) is 11.6. The molecule has 0 saturated heterocycles. The Morgan fingerprint density at radius 1 is 0.943 bits per heavy atom. The molecule has 0 fully saturated rings. The lowest BCUT2D eigenvalue weighted by atomic mass is 9.87. The Labute approximate surface area is 205 Å². The van der Waals surface area contributed by atoms with Gasteiger partial charge in [0.25, 0.3) is 5.91 Å². The molecule has 0 aliphatic carbocycles. The molecular formula is C27H28N4O3S. The predicted octanol–water partition coefficient (Wildman–Crippen LogP) is 4.47. The molecule has 180 valence electrons. The standard InChI is InChI=1S/C27H28N4O3S/c1-27(2,3)21-12-14-22(15-13-21)35(33,34)28-18-19-8-10-20(11-9-19)25(32)31-17-16-30-24-7-5-4-6-23(24)29-26(30)31/h4-15,28H,16-18H2,1-3H3. The van der Waals surface area contributed by atoms with Gasteiger partial charge in [0, 0.05) is 25.2 Å². The molecule has 1 N–H and O–H groups in total. The van der Waals surface area contributed by atoms with Crippen LogP contribution < -0.4 is 9.62 Å². The summed E-state index contributed by atoms with van der Waals surface area (Å²) < 4.78 is 30.2. The number of benzene rings is 3. The maximum atomic E-state index is 13.2. The molecule has 1 aliphatic rings. The minimum absolute atomic E-state index is 0.0450. The molecule has 0 unspecified atom stereocenters. The number of sulfonamides is 1. The fraction of sp³-hybridized carbons (Fsp3) is 0.259. The van der Waals surface area contributed by atoms with Crippen LogP contribution in [-0.4, -0.2) is 30.4 Å². The molecule has 35 heavy (non-hydrogen) atoms. The number of rotatable bonds is 5. The summed E-state index contributed by atoms with van der Waals surface area (Å²) in [5, 5.41) is 0. The number of imidazole rings is 1. The van der Waals surface area contributed by atoms with Crippen LogP contribution in [0.2, 0.25) is 0 Å². The second-order valence-electron chi connectivity index (χ2n) is 9.80. The average Bonchev–Trinajstić information content (AvgIpc) is 3.42. The summed E-state index contributed by atoms with van der Waals surface area (Å²) >= 11 is 0. The van der Waals surface area contributed by atoms with Crippen LogP contribution in [0, 0.1) is 0 Å². The van der Waals surface area contributed by atoms with Gasteiger partial charge in [-0.15, -0.1) is 0 Å². The number of fused-ring (bicyclic) bond motifs is 3. The fourth-order valence-corrected chi connectivity index (χ4v) is 5.32. The van der Waals surface area contributed by atoms with Crippen LogP contribution in [0.15, 0.2) is 77.7 Å². The zero-order valence-electron chi connectivity index (χ0n) is 20.0. The van der Waals surface area contributed by atoms with Crippen LogP contribution in [0.4, 0.5) is 5.95 Å². The highest BCUT2D eigenvalue weighted by atomic mass is 32.2. The predicted molar refractivity (Wildman–Crippen MR) is 137 cm³/mol. The third-order valence-corrected chi connectivity index (χ3v) is 7.78. The second kappa shape index (κ2) is 8.62. The molecule has 8 heteroatoms. The van der Waals surface area contributed by atoms with Crippen molar-refractivity contribution in [3.63, 3.8) is 0 Å². The number of nitrogens with one attached hydrogen (secondary N) is 1. The number of hydrogen-bond acceptors (Lipinski definition) is 4. The molecular weight excluding hydrogens is 460 g/mol. The van der Waals surface area contributed by atoms with E-state index in [0.717, 1.165) is 22.2 Å². The van der Waals surface area contributed by atoms with Crippen molar-refractivity contribution in [2.24, 2.45) is 0 Å². The molecule has 3 aromatic carbocycles. The molecule has 1 aliphatic heterocycles. The van der Waals surface area contributed by atoms with Gasteiger partial charge in [0.2, 0.25) is 16.0 Å². The Bertz CT molecular complexity index is 1500. The van der Waals surface area contributed by atoms with Gasteiger partial charge in [-0.3, -0.25) is 9.69 Å². The van der Waals surface area contributed by atoms with E-state index in [2.05, 4.69) is 35.0 Å². The van der Waals surface area contributed by atoms with E-state index in [9.17, 15) is 13.2 Å². The first-order valence-electron chi connectivity index (χ1n) is 11.6. The topological polar surface area (TPSA) is 84.3 Å². The fourth-order valence-electron chi connectivity index (χ4n) is 4.30. The Morgan fingerprint density at radius 3 is 2.31 bits per heavy atom. The number of carbonyl (C=O) groups is 1. The van der Waals surface area contributed by atoms with E-state index >= 15 is 0 Å². The number of hydrogen-bond donors (Lipinski definition) is 1. The molecule has 1 amide bonds. The van der Waals surface area contributed by atoms with Crippen molar-refractivity contribution >= 4 is 32.9 Å². The monoisotopic (exact) mass is 488 g/mol. The Morgan fingerprint density at radius 2 is 1.63 bits per heavy atom. The van der Waals surface area contributed by atoms with Gasteiger partial charge in [0.15, 0.2) is 0 Å². The Hall–Kier alpha value is -3.49. The Balaban J connectivity index is 1.26. The highest BCUT2D eigenvalue weighted by Gasteiger charge is 2.29. The van der Waals surface area contributed by atoms with E-state index in [1.807, 2.05) is 36.4 Å². The first-order valence-corrected chi connectivity index (χ1v) is 13.1. The SMILES string of the molecule is CC(C)(C)c1ccc(S(=O)(=O)NCc2ccc(C(=O)N3CCn4c3nc3ccccc34)cc2)cc1. The van der Waals surface area contributed by atoms with E-state index in [4.69, 9.17) is 0 Å². The van der Waals surface area contributed by atoms with Crippen LogP contribution in [-0.2, 0) is 28.5 Å². The van der Waals surface area contributed by atoms with Crippen LogP contribution in [0.3, 0.4) is 0 Å². The van der Waals surface area contributed by atoms with Crippen molar-refractivity contribution in [1.82, 2.24) is 14.3 Å². The van der Waals surface area contributed by atoms with Crippen LogP contribution >= 0.6 is 0 Å². The highest BCUT2D eigenvalue weighted by Crippen LogP contribution is 2.28. The van der Waals surface area contributed by atoms with Crippen molar-refractivity contribution < 1.29 is 13.2 Å². The van der Waals surface area contributed by atoms with Gasteiger partial charge in [-0.25, -0.2) is 18.1 Å². The zero-order chi connectivity index (χ0) is 24.8. The van der Waals surface area contributed by atoms with Gasteiger partial charge in [-0.05, 0) is 52.9 Å². The number of carbonyl (C=O) groups excluding carboxylic acids is 1. The van der Waals surface area contributed by atoms with E-state index in [1.54, 1.807) is 41.3 Å². The molecule has 1 aromatic heterocycles. The van der Waals surface area contributed by atoms with E-state index in [-0.39, 0.29) is 22.8 Å². The summed E-state index contributed by atoms with van der Waals surface area (Å²) in [6, 6.07) is 21.8. The van der Waals surface area contributed by atoms with Gasteiger partial charge < -0.3 is 4.57 Å².